The van der Waals surface area contributed by atoms with Crippen LogP contribution in [0.2, 0.25) is 0 Å². The van der Waals surface area contributed by atoms with Crippen LogP contribution in [0.5, 0.6) is 0 Å². The maximum atomic E-state index is 12.6. The third-order valence-electron chi connectivity index (χ3n) is 4.02. The molecule has 0 atom stereocenters. The number of carbonyl (C=O) groups is 1. The summed E-state index contributed by atoms with van der Waals surface area (Å²) in [5.41, 5.74) is 7.27. The summed E-state index contributed by atoms with van der Waals surface area (Å²) >= 11 is 0. The normalized spacial score (nSPS) is 10.8. The molecule has 3 N–H and O–H groups in total. The summed E-state index contributed by atoms with van der Waals surface area (Å²) in [5.74, 6) is 7.31. The number of urea groups is 1. The van der Waals surface area contributed by atoms with E-state index in [0.717, 1.165) is 5.56 Å². The first-order chi connectivity index (χ1) is 13.7. The second-order valence-corrected chi connectivity index (χ2v) is 7.45. The lowest BCUT2D eigenvalue weighted by atomic mass is 9.93. The summed E-state index contributed by atoms with van der Waals surface area (Å²) in [6.07, 6.45) is 3.11. The number of nitrogens with one attached hydrogen (secondary N) is 1. The van der Waals surface area contributed by atoms with E-state index in [-0.39, 0.29) is 17.4 Å². The maximum absolute atomic E-state index is 12.6. The molecule has 0 saturated heterocycles. The highest BCUT2D eigenvalue weighted by molar-refractivity contribution is 6.00. The lowest BCUT2D eigenvalue weighted by Crippen LogP contribution is -2.31. The fourth-order valence-electron chi connectivity index (χ4n) is 2.31. The van der Waals surface area contributed by atoms with Crippen LogP contribution in [0.4, 0.5) is 22.2 Å². The van der Waals surface area contributed by atoms with Crippen molar-refractivity contribution in [2.75, 3.05) is 23.0 Å². The molecule has 0 fully saturated rings. The van der Waals surface area contributed by atoms with Crippen molar-refractivity contribution >= 4 is 23.5 Å². The average molecular weight is 390 g/mol. The number of hydrogen-bond acceptors (Lipinski definition) is 6. The van der Waals surface area contributed by atoms with E-state index in [1.165, 1.54) is 4.90 Å². The van der Waals surface area contributed by atoms with Gasteiger partial charge in [-0.25, -0.2) is 14.8 Å². The van der Waals surface area contributed by atoms with Crippen molar-refractivity contribution in [2.24, 2.45) is 0 Å². The second-order valence-electron chi connectivity index (χ2n) is 7.45. The Bertz CT molecular complexity index is 1070. The van der Waals surface area contributed by atoms with Crippen LogP contribution < -0.4 is 16.0 Å². The Morgan fingerprint density at radius 2 is 1.83 bits per heavy atom. The Morgan fingerprint density at radius 3 is 2.48 bits per heavy atom. The van der Waals surface area contributed by atoms with Gasteiger partial charge in [-0.2, -0.15) is 0 Å². The van der Waals surface area contributed by atoms with Gasteiger partial charge < -0.3 is 15.6 Å². The lowest BCUT2D eigenvalue weighted by Gasteiger charge is -2.15. The third kappa shape index (κ3) is 5.11. The van der Waals surface area contributed by atoms with Gasteiger partial charge in [-0.1, -0.05) is 43.8 Å². The minimum atomic E-state index is -0.337. The molecule has 0 saturated carbocycles. The predicted molar refractivity (Wildman–Crippen MR) is 111 cm³/mol. The molecule has 8 heteroatoms. The summed E-state index contributed by atoms with van der Waals surface area (Å²) in [4.78, 5) is 21.8. The van der Waals surface area contributed by atoms with Crippen molar-refractivity contribution in [3.63, 3.8) is 0 Å². The van der Waals surface area contributed by atoms with E-state index < -0.39 is 0 Å². The van der Waals surface area contributed by atoms with E-state index in [0.29, 0.717) is 22.8 Å². The summed E-state index contributed by atoms with van der Waals surface area (Å²) in [6, 6.07) is 8.64. The maximum Gasteiger partial charge on any atom is 0.327 e. The fourth-order valence-corrected chi connectivity index (χ4v) is 2.31. The van der Waals surface area contributed by atoms with E-state index in [1.54, 1.807) is 37.6 Å². The predicted octanol–water partition coefficient (Wildman–Crippen LogP) is 3.41. The smallest absolute Gasteiger partial charge is 0.327 e. The highest BCUT2D eigenvalue weighted by atomic mass is 16.5. The van der Waals surface area contributed by atoms with Gasteiger partial charge in [-0.15, -0.1) is 0 Å². The Balaban J connectivity index is 1.70. The number of nitrogen functional groups attached to an aromatic ring is 1. The number of rotatable bonds is 2. The zero-order valence-corrected chi connectivity index (χ0v) is 16.7. The molecule has 0 unspecified atom stereocenters. The van der Waals surface area contributed by atoms with E-state index in [1.807, 2.05) is 32.9 Å². The van der Waals surface area contributed by atoms with Gasteiger partial charge in [0.05, 0.1) is 5.56 Å². The van der Waals surface area contributed by atoms with Crippen molar-refractivity contribution in [3.8, 4) is 11.8 Å². The first-order valence-corrected chi connectivity index (χ1v) is 8.94. The average Bonchev–Trinajstić information content (AvgIpc) is 3.18. The van der Waals surface area contributed by atoms with E-state index in [9.17, 15) is 4.79 Å². The van der Waals surface area contributed by atoms with Gasteiger partial charge >= 0.3 is 6.03 Å². The topological polar surface area (TPSA) is 110 Å². The van der Waals surface area contributed by atoms with Gasteiger partial charge in [0.2, 0.25) is 5.95 Å². The number of aromatic nitrogens is 3. The molecule has 0 aliphatic heterocycles. The minimum absolute atomic E-state index is 0.189. The van der Waals surface area contributed by atoms with Crippen LogP contribution in [-0.2, 0) is 5.41 Å². The van der Waals surface area contributed by atoms with Gasteiger partial charge in [-0.05, 0) is 18.2 Å². The molecule has 2 heterocycles. The van der Waals surface area contributed by atoms with Gasteiger partial charge in [0.25, 0.3) is 0 Å². The number of carbonyl (C=O) groups excluding carboxylic acids is 1. The summed E-state index contributed by atoms with van der Waals surface area (Å²) in [6.45, 7) is 6.04. The van der Waals surface area contributed by atoms with Gasteiger partial charge in [-0.3, -0.25) is 4.90 Å². The molecule has 0 aliphatic rings. The van der Waals surface area contributed by atoms with Crippen LogP contribution in [0.1, 0.15) is 37.7 Å². The van der Waals surface area contributed by atoms with Crippen LogP contribution in [0.25, 0.3) is 0 Å². The van der Waals surface area contributed by atoms with Crippen molar-refractivity contribution in [3.05, 3.63) is 59.6 Å². The Hall–Kier alpha value is -3.86. The number of amides is 2. The molecule has 29 heavy (non-hydrogen) atoms. The molecule has 2 amide bonds. The molecular weight excluding hydrogens is 368 g/mol. The van der Waals surface area contributed by atoms with Gasteiger partial charge in [0.15, 0.2) is 5.82 Å². The van der Waals surface area contributed by atoms with Crippen molar-refractivity contribution in [1.29, 1.82) is 0 Å². The lowest BCUT2D eigenvalue weighted by molar-refractivity contribution is 0.257. The zero-order chi connectivity index (χ0) is 21.0. The third-order valence-corrected chi connectivity index (χ3v) is 4.02. The first-order valence-electron chi connectivity index (χ1n) is 8.94. The molecule has 8 nitrogen and oxygen atoms in total. The highest BCUT2D eigenvalue weighted by Crippen LogP contribution is 2.26. The standard InChI is InChI=1S/C21H22N6O2/c1-21(2,3)17-11-18(26-29-17)27(4)20(28)25-16-7-5-6-14(10-16)8-9-15-12-23-19(22)24-13-15/h5-7,10-13H,1-4H3,(H,25,28)(H2,22,23,24). The first kappa shape index (κ1) is 19.9. The molecule has 1 aromatic carbocycles. The zero-order valence-electron chi connectivity index (χ0n) is 16.7. The highest BCUT2D eigenvalue weighted by Gasteiger charge is 2.22. The van der Waals surface area contributed by atoms with Gasteiger partial charge in [0.1, 0.15) is 5.76 Å². The second kappa shape index (κ2) is 8.02. The number of nitrogens with two attached hydrogens (primary N) is 1. The molecule has 3 aromatic rings. The largest absolute Gasteiger partial charge is 0.368 e. The number of nitrogens with zero attached hydrogens (tertiary/aromatic N) is 4. The SMILES string of the molecule is CN(C(=O)Nc1cccc(C#Cc2cnc(N)nc2)c1)c1cc(C(C)(C)C)on1. The summed E-state index contributed by atoms with van der Waals surface area (Å²) < 4.78 is 5.34. The minimum Gasteiger partial charge on any atom is -0.368 e. The molecule has 148 valence electrons. The molecule has 3 rings (SSSR count). The Kier molecular flexibility index (Phi) is 5.50. The van der Waals surface area contributed by atoms with E-state index in [2.05, 4.69) is 32.3 Å². The van der Waals surface area contributed by atoms with Crippen LogP contribution >= 0.6 is 0 Å². The molecule has 0 spiro atoms. The molecule has 0 radical (unpaired) electrons. The number of anilines is 3. The molecule has 0 bridgehead atoms. The van der Waals surface area contributed by atoms with Crippen molar-refractivity contribution in [1.82, 2.24) is 15.1 Å². The summed E-state index contributed by atoms with van der Waals surface area (Å²) in [7, 11) is 1.63. The quantitative estimate of drug-likeness (QED) is 0.649. The summed E-state index contributed by atoms with van der Waals surface area (Å²) in [5, 5.41) is 6.81. The van der Waals surface area contributed by atoms with Crippen LogP contribution in [0, 0.1) is 11.8 Å². The molecule has 0 aliphatic carbocycles. The van der Waals surface area contributed by atoms with Crippen molar-refractivity contribution < 1.29 is 9.32 Å². The van der Waals surface area contributed by atoms with Crippen LogP contribution in [0.15, 0.2) is 47.2 Å². The number of benzene rings is 1. The van der Waals surface area contributed by atoms with Crippen LogP contribution in [0.3, 0.4) is 0 Å². The van der Waals surface area contributed by atoms with Crippen LogP contribution in [-0.4, -0.2) is 28.2 Å². The fraction of sp³-hybridized carbons (Fsp3) is 0.238. The molecular formula is C21H22N6O2. The van der Waals surface area contributed by atoms with E-state index in [4.69, 9.17) is 10.3 Å². The Morgan fingerprint density at radius 1 is 1.14 bits per heavy atom. The number of hydrogen-bond donors (Lipinski definition) is 2. The van der Waals surface area contributed by atoms with E-state index >= 15 is 0 Å². The van der Waals surface area contributed by atoms with Gasteiger partial charge in [0, 0.05) is 42.2 Å². The molecule has 2 aromatic heterocycles. The monoisotopic (exact) mass is 390 g/mol. The Labute approximate surface area is 169 Å². The van der Waals surface area contributed by atoms with Crippen molar-refractivity contribution in [2.45, 2.75) is 26.2 Å².